The second kappa shape index (κ2) is 6.08. The van der Waals surface area contributed by atoms with Gasteiger partial charge in [0.25, 0.3) is 0 Å². The van der Waals surface area contributed by atoms with E-state index in [9.17, 15) is 4.79 Å². The molecule has 0 unspecified atom stereocenters. The van der Waals surface area contributed by atoms with Gasteiger partial charge in [0.1, 0.15) is 23.2 Å². The second-order valence-electron chi connectivity index (χ2n) is 5.41. The lowest BCUT2D eigenvalue weighted by molar-refractivity contribution is 0.108. The second-order valence-corrected chi connectivity index (χ2v) is 6.32. The topological polar surface area (TPSA) is 77.3 Å². The molecule has 0 aromatic carbocycles. The van der Waals surface area contributed by atoms with Crippen LogP contribution in [0.15, 0.2) is 27.3 Å². The molecule has 0 bridgehead atoms. The van der Waals surface area contributed by atoms with Gasteiger partial charge in [-0.1, -0.05) is 5.16 Å². The number of anilines is 1. The largest absolute Gasteiger partial charge is 0.446 e. The first-order valence-electron chi connectivity index (χ1n) is 7.10. The molecule has 1 atom stereocenters. The maximum absolute atomic E-state index is 12.0. The number of ether oxygens (including phenoxy) is 1. The van der Waals surface area contributed by atoms with Gasteiger partial charge in [0.15, 0.2) is 0 Å². The summed E-state index contributed by atoms with van der Waals surface area (Å²) < 4.78 is 11.5. The molecule has 1 aliphatic carbocycles. The number of hydrogen-bond acceptors (Lipinski definition) is 5. The molecular weight excluding hydrogens is 350 g/mol. The Morgan fingerprint density at radius 2 is 2.27 bits per heavy atom. The van der Waals surface area contributed by atoms with Gasteiger partial charge >= 0.3 is 6.09 Å². The molecule has 22 heavy (non-hydrogen) atoms. The van der Waals surface area contributed by atoms with E-state index in [1.807, 2.05) is 13.0 Å². The Morgan fingerprint density at radius 1 is 1.50 bits per heavy atom. The van der Waals surface area contributed by atoms with Crippen molar-refractivity contribution in [3.8, 4) is 11.5 Å². The molecule has 0 spiro atoms. The Bertz CT molecular complexity index is 680. The molecule has 2 aromatic rings. The fraction of sp³-hybridized carbons (Fsp3) is 0.400. The molecule has 6 nitrogen and oxygen atoms in total. The third-order valence-corrected chi connectivity index (χ3v) is 4.10. The summed E-state index contributed by atoms with van der Waals surface area (Å²) in [5.74, 6) is 0.906. The lowest BCUT2D eigenvalue weighted by Gasteiger charge is -2.12. The highest BCUT2D eigenvalue weighted by atomic mass is 79.9. The molecule has 3 rings (SSSR count). The maximum atomic E-state index is 12.0. The first-order valence-corrected chi connectivity index (χ1v) is 7.89. The van der Waals surface area contributed by atoms with Crippen LogP contribution in [0.5, 0.6) is 0 Å². The lowest BCUT2D eigenvalue weighted by Crippen LogP contribution is -2.21. The van der Waals surface area contributed by atoms with E-state index in [0.29, 0.717) is 28.8 Å². The standard InChI is InChI=1S/C15H16BrN3O3/c1-8-13(18-15(20)21-9(2)10-3-4-10)14(22-19-8)12-6-5-11(16)7-17-12/h5-7,9-10H,3-4H2,1-2H3,(H,18,20)/t9-/m1/s1. The molecule has 0 radical (unpaired) electrons. The minimum absolute atomic E-state index is 0.0746. The van der Waals surface area contributed by atoms with Crippen LogP contribution in [0.2, 0.25) is 0 Å². The van der Waals surface area contributed by atoms with E-state index in [2.05, 4.69) is 31.4 Å². The first kappa shape index (κ1) is 15.0. The van der Waals surface area contributed by atoms with E-state index >= 15 is 0 Å². The zero-order valence-electron chi connectivity index (χ0n) is 12.3. The van der Waals surface area contributed by atoms with Crippen LogP contribution in [-0.4, -0.2) is 22.3 Å². The van der Waals surface area contributed by atoms with Crippen molar-refractivity contribution in [2.24, 2.45) is 5.92 Å². The van der Waals surface area contributed by atoms with Gasteiger partial charge in [0, 0.05) is 10.7 Å². The van der Waals surface area contributed by atoms with Crippen molar-refractivity contribution in [3.63, 3.8) is 0 Å². The summed E-state index contributed by atoms with van der Waals surface area (Å²) >= 11 is 3.33. The van der Waals surface area contributed by atoms with Gasteiger partial charge in [-0.2, -0.15) is 0 Å². The van der Waals surface area contributed by atoms with E-state index in [1.54, 1.807) is 19.2 Å². The highest BCUT2D eigenvalue weighted by molar-refractivity contribution is 9.10. The number of aromatic nitrogens is 2. The number of rotatable bonds is 4. The fourth-order valence-electron chi connectivity index (χ4n) is 2.16. The summed E-state index contributed by atoms with van der Waals surface area (Å²) in [5, 5.41) is 6.61. The minimum atomic E-state index is -0.496. The zero-order valence-corrected chi connectivity index (χ0v) is 13.9. The van der Waals surface area contributed by atoms with Crippen LogP contribution in [-0.2, 0) is 4.74 Å². The van der Waals surface area contributed by atoms with Gasteiger partial charge in [0.2, 0.25) is 5.76 Å². The van der Waals surface area contributed by atoms with Crippen molar-refractivity contribution in [3.05, 3.63) is 28.5 Å². The predicted molar refractivity (Wildman–Crippen MR) is 84.5 cm³/mol. The van der Waals surface area contributed by atoms with Gasteiger partial charge in [-0.05, 0) is 60.7 Å². The number of carbonyl (C=O) groups excluding carboxylic acids is 1. The third kappa shape index (κ3) is 3.30. The SMILES string of the molecule is Cc1noc(-c2ccc(Br)cn2)c1NC(=O)O[C@H](C)C1CC1. The van der Waals surface area contributed by atoms with Crippen LogP contribution >= 0.6 is 15.9 Å². The molecule has 1 amide bonds. The average molecular weight is 366 g/mol. The van der Waals surface area contributed by atoms with Gasteiger partial charge in [-0.25, -0.2) is 4.79 Å². The summed E-state index contributed by atoms with van der Waals surface area (Å²) in [7, 11) is 0. The number of aryl methyl sites for hydroxylation is 1. The van der Waals surface area contributed by atoms with Crippen LogP contribution < -0.4 is 5.32 Å². The van der Waals surface area contributed by atoms with Crippen LogP contribution in [0.1, 0.15) is 25.5 Å². The average Bonchev–Trinajstić information content (AvgIpc) is 3.27. The molecule has 2 heterocycles. The molecule has 1 aliphatic rings. The van der Waals surface area contributed by atoms with E-state index in [4.69, 9.17) is 9.26 Å². The number of carbonyl (C=O) groups is 1. The minimum Gasteiger partial charge on any atom is -0.446 e. The van der Waals surface area contributed by atoms with Crippen molar-refractivity contribution in [1.82, 2.24) is 10.1 Å². The normalized spacial score (nSPS) is 15.4. The number of nitrogens with one attached hydrogen (secondary N) is 1. The highest BCUT2D eigenvalue weighted by Gasteiger charge is 2.31. The van der Waals surface area contributed by atoms with Crippen molar-refractivity contribution in [2.75, 3.05) is 5.32 Å². The number of hydrogen-bond donors (Lipinski definition) is 1. The summed E-state index contributed by atoms with van der Waals surface area (Å²) in [6, 6.07) is 3.63. The Kier molecular flexibility index (Phi) is 4.15. The Morgan fingerprint density at radius 3 is 2.91 bits per heavy atom. The molecule has 1 N–H and O–H groups in total. The van der Waals surface area contributed by atoms with Crippen LogP contribution in [0.3, 0.4) is 0 Å². The zero-order chi connectivity index (χ0) is 15.7. The summed E-state index contributed by atoms with van der Waals surface area (Å²) in [5.41, 5.74) is 1.66. The number of halogens is 1. The maximum Gasteiger partial charge on any atom is 0.412 e. The van der Waals surface area contributed by atoms with E-state index < -0.39 is 6.09 Å². The smallest absolute Gasteiger partial charge is 0.412 e. The van der Waals surface area contributed by atoms with Crippen molar-refractivity contribution >= 4 is 27.7 Å². The Hall–Kier alpha value is -1.89. The Labute approximate surface area is 136 Å². The Balaban J connectivity index is 1.76. The fourth-order valence-corrected chi connectivity index (χ4v) is 2.40. The van der Waals surface area contributed by atoms with Crippen LogP contribution in [0.25, 0.3) is 11.5 Å². The molecule has 0 aliphatic heterocycles. The molecule has 7 heteroatoms. The van der Waals surface area contributed by atoms with Gasteiger partial charge in [0.05, 0.1) is 0 Å². The molecule has 116 valence electrons. The van der Waals surface area contributed by atoms with Crippen molar-refractivity contribution in [2.45, 2.75) is 32.8 Å². The summed E-state index contributed by atoms with van der Waals surface area (Å²) in [4.78, 5) is 16.3. The third-order valence-electron chi connectivity index (χ3n) is 3.63. The predicted octanol–water partition coefficient (Wildman–Crippen LogP) is 4.15. The molecule has 1 saturated carbocycles. The monoisotopic (exact) mass is 365 g/mol. The molecular formula is C15H16BrN3O3. The van der Waals surface area contributed by atoms with Gasteiger partial charge < -0.3 is 9.26 Å². The molecule has 2 aromatic heterocycles. The first-order chi connectivity index (χ1) is 10.5. The quantitative estimate of drug-likeness (QED) is 0.880. The van der Waals surface area contributed by atoms with Crippen LogP contribution in [0, 0.1) is 12.8 Å². The van der Waals surface area contributed by atoms with Gasteiger partial charge in [-0.3, -0.25) is 10.3 Å². The van der Waals surface area contributed by atoms with Crippen molar-refractivity contribution in [1.29, 1.82) is 0 Å². The van der Waals surface area contributed by atoms with E-state index in [0.717, 1.165) is 17.3 Å². The highest BCUT2D eigenvalue weighted by Crippen LogP contribution is 2.35. The van der Waals surface area contributed by atoms with Gasteiger partial charge in [-0.15, -0.1) is 0 Å². The van der Waals surface area contributed by atoms with Crippen LogP contribution in [0.4, 0.5) is 10.5 Å². The number of pyridine rings is 1. The molecule has 1 fully saturated rings. The summed E-state index contributed by atoms with van der Waals surface area (Å²) in [6.07, 6.45) is 3.33. The van der Waals surface area contributed by atoms with E-state index in [-0.39, 0.29) is 6.10 Å². The number of amides is 1. The summed E-state index contributed by atoms with van der Waals surface area (Å²) in [6.45, 7) is 3.67. The van der Waals surface area contributed by atoms with Crippen molar-refractivity contribution < 1.29 is 14.1 Å². The number of nitrogens with zero attached hydrogens (tertiary/aromatic N) is 2. The molecule has 0 saturated heterocycles. The van der Waals surface area contributed by atoms with E-state index in [1.165, 1.54) is 0 Å². The lowest BCUT2D eigenvalue weighted by atomic mass is 10.2.